The lowest BCUT2D eigenvalue weighted by molar-refractivity contribution is -0.140. The SMILES string of the molecule is CCOC(=O)CNc1c(-c2cccc(F)c2)nc2ccc(Br)cn12. The lowest BCUT2D eigenvalue weighted by Gasteiger charge is -2.09. The van der Waals surface area contributed by atoms with Gasteiger partial charge in [-0.15, -0.1) is 0 Å². The zero-order valence-corrected chi connectivity index (χ0v) is 14.5. The van der Waals surface area contributed by atoms with E-state index in [1.165, 1.54) is 12.1 Å². The lowest BCUT2D eigenvalue weighted by Crippen LogP contribution is -2.17. The first-order valence-electron chi connectivity index (χ1n) is 7.41. The molecule has 0 radical (unpaired) electrons. The highest BCUT2D eigenvalue weighted by Gasteiger charge is 2.16. The van der Waals surface area contributed by atoms with Crippen LogP contribution in [0.5, 0.6) is 0 Å². The van der Waals surface area contributed by atoms with Gasteiger partial charge in [0.25, 0.3) is 0 Å². The number of carbonyl (C=O) groups is 1. The van der Waals surface area contributed by atoms with E-state index >= 15 is 0 Å². The van der Waals surface area contributed by atoms with Crippen LogP contribution in [-0.2, 0) is 9.53 Å². The summed E-state index contributed by atoms with van der Waals surface area (Å²) in [5.41, 5.74) is 1.88. The number of ether oxygens (including phenoxy) is 1. The molecule has 0 aliphatic carbocycles. The molecule has 0 amide bonds. The maximum absolute atomic E-state index is 13.6. The Hall–Kier alpha value is -2.41. The summed E-state index contributed by atoms with van der Waals surface area (Å²) in [5, 5.41) is 3.05. The van der Waals surface area contributed by atoms with Crippen LogP contribution >= 0.6 is 15.9 Å². The molecule has 0 saturated heterocycles. The number of hydrogen-bond donors (Lipinski definition) is 1. The van der Waals surface area contributed by atoms with E-state index in [9.17, 15) is 9.18 Å². The minimum atomic E-state index is -0.368. The number of fused-ring (bicyclic) bond motifs is 1. The molecule has 2 heterocycles. The number of hydrogen-bond acceptors (Lipinski definition) is 4. The highest BCUT2D eigenvalue weighted by atomic mass is 79.9. The van der Waals surface area contributed by atoms with Crippen molar-refractivity contribution in [3.8, 4) is 11.3 Å². The third-order valence-electron chi connectivity index (χ3n) is 3.39. The number of esters is 1. The van der Waals surface area contributed by atoms with Crippen LogP contribution < -0.4 is 5.32 Å². The number of rotatable bonds is 5. The van der Waals surface area contributed by atoms with E-state index in [0.717, 1.165) is 4.47 Å². The van der Waals surface area contributed by atoms with E-state index in [1.54, 1.807) is 19.1 Å². The molecule has 3 rings (SSSR count). The average molecular weight is 392 g/mol. The zero-order valence-electron chi connectivity index (χ0n) is 12.9. The van der Waals surface area contributed by atoms with E-state index < -0.39 is 0 Å². The molecule has 24 heavy (non-hydrogen) atoms. The molecule has 0 fully saturated rings. The molecule has 2 aromatic heterocycles. The van der Waals surface area contributed by atoms with Gasteiger partial charge in [-0.3, -0.25) is 9.20 Å². The van der Waals surface area contributed by atoms with Gasteiger partial charge in [-0.1, -0.05) is 12.1 Å². The minimum absolute atomic E-state index is 0.00351. The molecule has 0 aliphatic heterocycles. The van der Waals surface area contributed by atoms with E-state index in [2.05, 4.69) is 26.2 Å². The summed E-state index contributed by atoms with van der Waals surface area (Å²) < 4.78 is 21.2. The summed E-state index contributed by atoms with van der Waals surface area (Å²) in [7, 11) is 0. The van der Waals surface area contributed by atoms with Crippen molar-refractivity contribution in [1.29, 1.82) is 0 Å². The van der Waals surface area contributed by atoms with E-state index in [4.69, 9.17) is 4.74 Å². The Labute approximate surface area is 146 Å². The van der Waals surface area contributed by atoms with Gasteiger partial charge < -0.3 is 10.1 Å². The zero-order chi connectivity index (χ0) is 17.1. The molecule has 0 atom stereocenters. The van der Waals surface area contributed by atoms with Crippen LogP contribution in [0.25, 0.3) is 16.9 Å². The van der Waals surface area contributed by atoms with Gasteiger partial charge in [-0.2, -0.15) is 0 Å². The number of aromatic nitrogens is 2. The first kappa shape index (κ1) is 16.4. The Balaban J connectivity index is 2.07. The van der Waals surface area contributed by atoms with Crippen LogP contribution in [0.3, 0.4) is 0 Å². The summed E-state index contributed by atoms with van der Waals surface area (Å²) in [5.74, 6) is -0.111. The molecule has 0 spiro atoms. The van der Waals surface area contributed by atoms with Crippen molar-refractivity contribution >= 4 is 33.4 Å². The molecule has 3 aromatic rings. The van der Waals surface area contributed by atoms with Crippen LogP contribution in [0.4, 0.5) is 10.2 Å². The van der Waals surface area contributed by atoms with E-state index in [-0.39, 0.29) is 18.3 Å². The Bertz CT molecular complexity index is 895. The molecule has 0 bridgehead atoms. The molecule has 1 N–H and O–H groups in total. The largest absolute Gasteiger partial charge is 0.465 e. The first-order valence-corrected chi connectivity index (χ1v) is 8.21. The fourth-order valence-corrected chi connectivity index (χ4v) is 2.73. The highest BCUT2D eigenvalue weighted by molar-refractivity contribution is 9.10. The summed E-state index contributed by atoms with van der Waals surface area (Å²) >= 11 is 3.42. The lowest BCUT2D eigenvalue weighted by atomic mass is 10.1. The number of anilines is 1. The van der Waals surface area contributed by atoms with Crippen molar-refractivity contribution in [2.75, 3.05) is 18.5 Å². The smallest absolute Gasteiger partial charge is 0.325 e. The molecular weight excluding hydrogens is 377 g/mol. The van der Waals surface area contributed by atoms with Gasteiger partial charge in [0.15, 0.2) is 0 Å². The third-order valence-corrected chi connectivity index (χ3v) is 3.86. The Morgan fingerprint density at radius 3 is 2.96 bits per heavy atom. The van der Waals surface area contributed by atoms with Crippen LogP contribution in [0.15, 0.2) is 47.1 Å². The quantitative estimate of drug-likeness (QED) is 0.670. The van der Waals surface area contributed by atoms with Crippen LogP contribution in [0, 0.1) is 5.82 Å². The number of halogens is 2. The van der Waals surface area contributed by atoms with Gasteiger partial charge in [0.2, 0.25) is 0 Å². The van der Waals surface area contributed by atoms with Gasteiger partial charge in [0, 0.05) is 16.2 Å². The summed E-state index contributed by atoms with van der Waals surface area (Å²) in [6, 6.07) is 9.89. The molecule has 7 heteroatoms. The van der Waals surface area contributed by atoms with Crippen molar-refractivity contribution in [3.63, 3.8) is 0 Å². The molecule has 0 unspecified atom stereocenters. The standard InChI is InChI=1S/C17H15BrFN3O2/c1-2-24-15(23)9-20-17-16(11-4-3-5-13(19)8-11)21-14-7-6-12(18)10-22(14)17/h3-8,10,20H,2,9H2,1H3. The van der Waals surface area contributed by atoms with Gasteiger partial charge >= 0.3 is 5.97 Å². The van der Waals surface area contributed by atoms with Crippen LogP contribution in [0.1, 0.15) is 6.92 Å². The molecule has 1 aromatic carbocycles. The molecule has 0 aliphatic rings. The van der Waals surface area contributed by atoms with E-state index in [0.29, 0.717) is 29.3 Å². The van der Waals surface area contributed by atoms with Crippen LogP contribution in [-0.4, -0.2) is 28.5 Å². The van der Waals surface area contributed by atoms with Crippen LogP contribution in [0.2, 0.25) is 0 Å². The number of imidazole rings is 1. The van der Waals surface area contributed by atoms with Gasteiger partial charge in [-0.05, 0) is 47.1 Å². The second kappa shape index (κ2) is 7.00. The predicted molar refractivity (Wildman–Crippen MR) is 93.4 cm³/mol. The second-order valence-electron chi connectivity index (χ2n) is 5.05. The van der Waals surface area contributed by atoms with Crippen molar-refractivity contribution in [1.82, 2.24) is 9.38 Å². The van der Waals surface area contributed by atoms with Gasteiger partial charge in [0.1, 0.15) is 29.5 Å². The van der Waals surface area contributed by atoms with E-state index in [1.807, 2.05) is 22.7 Å². The normalized spacial score (nSPS) is 10.8. The van der Waals surface area contributed by atoms with Crippen molar-refractivity contribution in [2.24, 2.45) is 0 Å². The van der Waals surface area contributed by atoms with Gasteiger partial charge in [-0.25, -0.2) is 9.37 Å². The number of nitrogens with one attached hydrogen (secondary N) is 1. The Morgan fingerprint density at radius 2 is 2.21 bits per heavy atom. The monoisotopic (exact) mass is 391 g/mol. The maximum atomic E-state index is 13.6. The predicted octanol–water partition coefficient (Wildman–Crippen LogP) is 3.88. The topological polar surface area (TPSA) is 55.6 Å². The van der Waals surface area contributed by atoms with Crippen molar-refractivity contribution in [3.05, 3.63) is 52.9 Å². The molecule has 0 saturated carbocycles. The number of nitrogens with zero attached hydrogens (tertiary/aromatic N) is 2. The minimum Gasteiger partial charge on any atom is -0.465 e. The Kier molecular flexibility index (Phi) is 4.80. The maximum Gasteiger partial charge on any atom is 0.325 e. The van der Waals surface area contributed by atoms with Crippen molar-refractivity contribution in [2.45, 2.75) is 6.92 Å². The fraction of sp³-hybridized carbons (Fsp3) is 0.176. The molecule has 124 valence electrons. The van der Waals surface area contributed by atoms with Gasteiger partial charge in [0.05, 0.1) is 6.61 Å². The van der Waals surface area contributed by atoms with Crippen molar-refractivity contribution < 1.29 is 13.9 Å². The first-order chi connectivity index (χ1) is 11.6. The fourth-order valence-electron chi connectivity index (χ4n) is 2.39. The molecule has 5 nitrogen and oxygen atoms in total. The summed E-state index contributed by atoms with van der Waals surface area (Å²) in [6.07, 6.45) is 1.83. The number of benzene rings is 1. The number of pyridine rings is 1. The Morgan fingerprint density at radius 1 is 1.38 bits per heavy atom. The summed E-state index contributed by atoms with van der Waals surface area (Å²) in [6.45, 7) is 2.06. The third kappa shape index (κ3) is 3.41. The second-order valence-corrected chi connectivity index (χ2v) is 5.97. The highest BCUT2D eigenvalue weighted by Crippen LogP contribution is 2.30. The number of carbonyl (C=O) groups excluding carboxylic acids is 1. The average Bonchev–Trinajstić information content (AvgIpc) is 2.91. The summed E-state index contributed by atoms with van der Waals surface area (Å²) in [4.78, 5) is 16.2. The molecular formula is C17H15BrFN3O2.